The molecule has 1 aliphatic carbocycles. The smallest absolute Gasteiger partial charge is 0.253 e. The van der Waals surface area contributed by atoms with Crippen LogP contribution in [0.3, 0.4) is 0 Å². The first kappa shape index (κ1) is 16.1. The molecule has 1 aromatic heterocycles. The van der Waals surface area contributed by atoms with E-state index in [-0.39, 0.29) is 11.8 Å². The number of benzene rings is 1. The number of piperazine rings is 1. The molecule has 4 rings (SSSR count). The zero-order valence-corrected chi connectivity index (χ0v) is 14.3. The van der Waals surface area contributed by atoms with E-state index in [2.05, 4.69) is 4.98 Å². The lowest BCUT2D eigenvalue weighted by atomic mass is 9.95. The number of nitrogens with zero attached hydrogens (tertiary/aromatic N) is 2. The topological polar surface area (TPSA) is 76.6 Å². The van der Waals surface area contributed by atoms with Crippen LogP contribution in [-0.4, -0.2) is 64.5 Å². The van der Waals surface area contributed by atoms with Gasteiger partial charge in [-0.2, -0.15) is 0 Å². The van der Waals surface area contributed by atoms with Gasteiger partial charge in [0.1, 0.15) is 6.61 Å². The van der Waals surface area contributed by atoms with Gasteiger partial charge in [0.2, 0.25) is 5.91 Å². The monoisotopic (exact) mass is 341 g/mol. The van der Waals surface area contributed by atoms with Crippen LogP contribution in [0.15, 0.2) is 18.2 Å². The number of H-pyrrole nitrogens is 1. The third-order valence-electron chi connectivity index (χ3n) is 5.40. The van der Waals surface area contributed by atoms with Crippen molar-refractivity contribution in [3.05, 3.63) is 35.0 Å². The van der Waals surface area contributed by atoms with E-state index >= 15 is 0 Å². The SMILES string of the molecule is O=C(CO)N1CCN(C(=O)c2ccc3[nH]c4c(c3c2)CCCC4)CC1. The lowest BCUT2D eigenvalue weighted by molar-refractivity contribution is -0.135. The number of aromatic amines is 1. The number of aliphatic hydroxyl groups is 1. The van der Waals surface area contributed by atoms with Gasteiger partial charge in [0.05, 0.1) is 0 Å². The maximum absolute atomic E-state index is 12.8. The second kappa shape index (κ2) is 6.52. The second-order valence-electron chi connectivity index (χ2n) is 6.88. The van der Waals surface area contributed by atoms with E-state index in [1.165, 1.54) is 29.5 Å². The third-order valence-corrected chi connectivity index (χ3v) is 5.40. The molecule has 6 heteroatoms. The molecule has 1 aliphatic heterocycles. The molecule has 1 aromatic carbocycles. The predicted octanol–water partition coefficient (Wildman–Crippen LogP) is 1.32. The summed E-state index contributed by atoms with van der Waals surface area (Å²) in [7, 11) is 0. The van der Waals surface area contributed by atoms with Gasteiger partial charge >= 0.3 is 0 Å². The van der Waals surface area contributed by atoms with E-state index in [4.69, 9.17) is 5.11 Å². The van der Waals surface area contributed by atoms with Crippen LogP contribution < -0.4 is 0 Å². The fourth-order valence-corrected chi connectivity index (χ4v) is 3.98. The highest BCUT2D eigenvalue weighted by Crippen LogP contribution is 2.30. The quantitative estimate of drug-likeness (QED) is 0.865. The van der Waals surface area contributed by atoms with Gasteiger partial charge in [-0.05, 0) is 49.4 Å². The summed E-state index contributed by atoms with van der Waals surface area (Å²) in [5.74, 6) is -0.253. The number of carbonyl (C=O) groups is 2. The Labute approximate surface area is 146 Å². The number of fused-ring (bicyclic) bond motifs is 3. The minimum Gasteiger partial charge on any atom is -0.387 e. The lowest BCUT2D eigenvalue weighted by Crippen LogP contribution is -2.51. The first-order valence-corrected chi connectivity index (χ1v) is 8.99. The fraction of sp³-hybridized carbons (Fsp3) is 0.474. The van der Waals surface area contributed by atoms with Crippen molar-refractivity contribution < 1.29 is 14.7 Å². The number of aryl methyl sites for hydroxylation is 2. The molecular weight excluding hydrogens is 318 g/mol. The first-order chi connectivity index (χ1) is 12.2. The molecule has 0 radical (unpaired) electrons. The van der Waals surface area contributed by atoms with Gasteiger partial charge in [0.25, 0.3) is 5.91 Å². The molecule has 0 saturated carbocycles. The van der Waals surface area contributed by atoms with Crippen molar-refractivity contribution in [2.75, 3.05) is 32.8 Å². The number of hydrogen-bond acceptors (Lipinski definition) is 3. The Morgan fingerprint density at radius 3 is 2.52 bits per heavy atom. The van der Waals surface area contributed by atoms with Crippen molar-refractivity contribution in [3.8, 4) is 0 Å². The molecular formula is C19H23N3O3. The van der Waals surface area contributed by atoms with E-state index in [0.717, 1.165) is 18.4 Å². The summed E-state index contributed by atoms with van der Waals surface area (Å²) in [6.45, 7) is 1.50. The standard InChI is InChI=1S/C19H23N3O3/c23-12-18(24)21-7-9-22(10-8-21)19(25)13-5-6-17-15(11-13)14-3-1-2-4-16(14)20-17/h5-6,11,20,23H,1-4,7-10,12H2. The molecule has 0 atom stereocenters. The van der Waals surface area contributed by atoms with Gasteiger partial charge in [0.15, 0.2) is 0 Å². The first-order valence-electron chi connectivity index (χ1n) is 8.99. The van der Waals surface area contributed by atoms with Crippen LogP contribution in [0.25, 0.3) is 10.9 Å². The largest absolute Gasteiger partial charge is 0.387 e. The number of rotatable bonds is 2. The predicted molar refractivity (Wildman–Crippen MR) is 94.5 cm³/mol. The number of nitrogens with one attached hydrogen (secondary N) is 1. The summed E-state index contributed by atoms with van der Waals surface area (Å²) in [5, 5.41) is 10.1. The van der Waals surface area contributed by atoms with Crippen molar-refractivity contribution in [2.24, 2.45) is 0 Å². The van der Waals surface area contributed by atoms with Gasteiger partial charge in [-0.15, -0.1) is 0 Å². The highest BCUT2D eigenvalue weighted by molar-refractivity contribution is 5.99. The number of aromatic nitrogens is 1. The third kappa shape index (κ3) is 2.91. The van der Waals surface area contributed by atoms with Crippen molar-refractivity contribution >= 4 is 22.7 Å². The molecule has 1 fully saturated rings. The molecule has 0 unspecified atom stereocenters. The van der Waals surface area contributed by atoms with E-state index < -0.39 is 6.61 Å². The van der Waals surface area contributed by atoms with Crippen LogP contribution in [0, 0.1) is 0 Å². The molecule has 0 spiro atoms. The molecule has 6 nitrogen and oxygen atoms in total. The van der Waals surface area contributed by atoms with E-state index in [0.29, 0.717) is 31.7 Å². The number of hydrogen-bond donors (Lipinski definition) is 2. The van der Waals surface area contributed by atoms with E-state index in [1.807, 2.05) is 18.2 Å². The highest BCUT2D eigenvalue weighted by atomic mass is 16.3. The average Bonchev–Trinajstić information content (AvgIpc) is 3.04. The molecule has 0 bridgehead atoms. The number of aliphatic hydroxyl groups excluding tert-OH is 1. The van der Waals surface area contributed by atoms with E-state index in [9.17, 15) is 9.59 Å². The van der Waals surface area contributed by atoms with Crippen LogP contribution in [0.1, 0.15) is 34.5 Å². The van der Waals surface area contributed by atoms with Gasteiger partial charge in [0, 0.05) is 48.3 Å². The number of carbonyl (C=O) groups excluding carboxylic acids is 2. The Bertz CT molecular complexity index is 819. The van der Waals surface area contributed by atoms with E-state index in [1.54, 1.807) is 9.80 Å². The number of amides is 2. The molecule has 2 amide bonds. The minimum absolute atomic E-state index is 0.0174. The summed E-state index contributed by atoms with van der Waals surface area (Å²) in [6.07, 6.45) is 4.60. The van der Waals surface area contributed by atoms with Crippen LogP contribution in [0.5, 0.6) is 0 Å². The van der Waals surface area contributed by atoms with Crippen LogP contribution in [-0.2, 0) is 17.6 Å². The molecule has 2 aliphatic rings. The lowest BCUT2D eigenvalue weighted by Gasteiger charge is -2.34. The Morgan fingerprint density at radius 2 is 1.76 bits per heavy atom. The average molecular weight is 341 g/mol. The second-order valence-corrected chi connectivity index (χ2v) is 6.88. The summed E-state index contributed by atoms with van der Waals surface area (Å²) < 4.78 is 0. The van der Waals surface area contributed by atoms with Gasteiger partial charge < -0.3 is 19.9 Å². The summed E-state index contributed by atoms with van der Waals surface area (Å²) in [4.78, 5) is 31.3. The summed E-state index contributed by atoms with van der Waals surface area (Å²) in [5.41, 5.74) is 4.51. The fourth-order valence-electron chi connectivity index (χ4n) is 3.98. The van der Waals surface area contributed by atoms with Gasteiger partial charge in [-0.25, -0.2) is 0 Å². The Hall–Kier alpha value is -2.34. The summed E-state index contributed by atoms with van der Waals surface area (Å²) >= 11 is 0. The zero-order valence-electron chi connectivity index (χ0n) is 14.3. The molecule has 2 N–H and O–H groups in total. The van der Waals surface area contributed by atoms with Crippen molar-refractivity contribution in [1.82, 2.24) is 14.8 Å². The molecule has 2 heterocycles. The van der Waals surface area contributed by atoms with Crippen LogP contribution >= 0.6 is 0 Å². The minimum atomic E-state index is -0.469. The Morgan fingerprint density at radius 1 is 1.04 bits per heavy atom. The highest BCUT2D eigenvalue weighted by Gasteiger charge is 2.25. The van der Waals surface area contributed by atoms with Crippen molar-refractivity contribution in [1.29, 1.82) is 0 Å². The summed E-state index contributed by atoms with van der Waals surface area (Å²) in [6, 6.07) is 5.91. The molecule has 1 saturated heterocycles. The zero-order chi connectivity index (χ0) is 17.4. The van der Waals surface area contributed by atoms with Crippen molar-refractivity contribution in [3.63, 3.8) is 0 Å². The molecule has 2 aromatic rings. The molecule has 25 heavy (non-hydrogen) atoms. The maximum Gasteiger partial charge on any atom is 0.253 e. The Kier molecular flexibility index (Phi) is 4.21. The van der Waals surface area contributed by atoms with Gasteiger partial charge in [-0.3, -0.25) is 9.59 Å². The van der Waals surface area contributed by atoms with Crippen LogP contribution in [0.4, 0.5) is 0 Å². The van der Waals surface area contributed by atoms with Crippen LogP contribution in [0.2, 0.25) is 0 Å². The molecule has 132 valence electrons. The normalized spacial score (nSPS) is 17.6. The van der Waals surface area contributed by atoms with Gasteiger partial charge in [-0.1, -0.05) is 0 Å². The Balaban J connectivity index is 1.53. The maximum atomic E-state index is 12.8. The van der Waals surface area contributed by atoms with Crippen molar-refractivity contribution in [2.45, 2.75) is 25.7 Å².